The second-order valence-corrected chi connectivity index (χ2v) is 4.06. The minimum Gasteiger partial charge on any atom is -0.348 e. The number of rotatable bonds is 2. The molecular weight excluding hydrogens is 184 g/mol. The Balaban J connectivity index is 2.50. The number of nitrogens with one attached hydrogen (secondary N) is 3. The van der Waals surface area contributed by atoms with Crippen molar-refractivity contribution in [2.45, 2.75) is 27.3 Å². The Kier molecular flexibility index (Phi) is 2.73. The Morgan fingerprint density at radius 2 is 2.14 bits per heavy atom. The molecule has 1 rings (SSSR count). The lowest BCUT2D eigenvalue weighted by Gasteiger charge is -2.16. The number of hydrogen-bond donors (Lipinski definition) is 3. The van der Waals surface area contributed by atoms with Crippen LogP contribution in [0.25, 0.3) is 0 Å². The third-order valence-corrected chi connectivity index (χ3v) is 1.65. The lowest BCUT2D eigenvalue weighted by molar-refractivity contribution is -0.128. The van der Waals surface area contributed by atoms with Gasteiger partial charge in [-0.25, -0.2) is 9.89 Å². The van der Waals surface area contributed by atoms with Gasteiger partial charge in [-0.05, 0) is 0 Å². The molecule has 0 saturated carbocycles. The van der Waals surface area contributed by atoms with Crippen LogP contribution in [-0.4, -0.2) is 21.1 Å². The number of aromatic nitrogens is 3. The molecule has 0 aliphatic heterocycles. The van der Waals surface area contributed by atoms with Gasteiger partial charge in [0.15, 0.2) is 0 Å². The molecule has 0 unspecified atom stereocenters. The van der Waals surface area contributed by atoms with Gasteiger partial charge in [-0.3, -0.25) is 9.78 Å². The number of carbonyl (C=O) groups excluding carboxylic acids is 1. The molecule has 0 radical (unpaired) electrons. The van der Waals surface area contributed by atoms with E-state index in [0.29, 0.717) is 5.82 Å². The molecule has 0 bridgehead atoms. The van der Waals surface area contributed by atoms with Crippen LogP contribution in [-0.2, 0) is 11.3 Å². The average Bonchev–Trinajstić information content (AvgIpc) is 2.45. The Bertz CT molecular complexity index is 371. The van der Waals surface area contributed by atoms with E-state index in [1.165, 1.54) is 0 Å². The first-order chi connectivity index (χ1) is 6.39. The van der Waals surface area contributed by atoms with E-state index in [1.54, 1.807) is 0 Å². The van der Waals surface area contributed by atoms with Crippen LogP contribution >= 0.6 is 0 Å². The number of hydrogen-bond acceptors (Lipinski definition) is 3. The van der Waals surface area contributed by atoms with Crippen LogP contribution in [0.2, 0.25) is 0 Å². The molecule has 0 fully saturated rings. The summed E-state index contributed by atoms with van der Waals surface area (Å²) in [5, 5.41) is 8.54. The Labute approximate surface area is 81.1 Å². The summed E-state index contributed by atoms with van der Waals surface area (Å²) in [7, 11) is 0. The van der Waals surface area contributed by atoms with Crippen molar-refractivity contribution in [3.8, 4) is 0 Å². The lowest BCUT2D eigenvalue weighted by Crippen LogP contribution is -2.34. The van der Waals surface area contributed by atoms with Gasteiger partial charge in [0.25, 0.3) is 0 Å². The Morgan fingerprint density at radius 1 is 1.50 bits per heavy atom. The maximum atomic E-state index is 11.4. The summed E-state index contributed by atoms with van der Waals surface area (Å²) in [5.74, 6) is 0.342. The Hall–Kier alpha value is -1.59. The van der Waals surface area contributed by atoms with Gasteiger partial charge in [-0.2, -0.15) is 5.10 Å². The summed E-state index contributed by atoms with van der Waals surface area (Å²) in [6.07, 6.45) is 0. The van der Waals surface area contributed by atoms with Crippen LogP contribution in [0.4, 0.5) is 0 Å². The van der Waals surface area contributed by atoms with E-state index in [9.17, 15) is 9.59 Å². The molecule has 0 aliphatic rings. The molecule has 1 aromatic rings. The highest BCUT2D eigenvalue weighted by molar-refractivity contribution is 5.81. The molecule has 0 saturated heterocycles. The van der Waals surface area contributed by atoms with E-state index in [0.717, 1.165) is 0 Å². The number of amides is 1. The maximum Gasteiger partial charge on any atom is 0.340 e. The van der Waals surface area contributed by atoms with E-state index < -0.39 is 5.41 Å². The van der Waals surface area contributed by atoms with Crippen molar-refractivity contribution in [3.05, 3.63) is 16.3 Å². The molecule has 1 aromatic heterocycles. The zero-order valence-electron chi connectivity index (χ0n) is 8.47. The smallest absolute Gasteiger partial charge is 0.340 e. The third kappa shape index (κ3) is 2.72. The van der Waals surface area contributed by atoms with Gasteiger partial charge in [0.05, 0.1) is 6.54 Å². The van der Waals surface area contributed by atoms with Crippen molar-refractivity contribution in [1.29, 1.82) is 0 Å². The van der Waals surface area contributed by atoms with E-state index in [4.69, 9.17) is 0 Å². The van der Waals surface area contributed by atoms with Crippen molar-refractivity contribution in [3.63, 3.8) is 0 Å². The summed E-state index contributed by atoms with van der Waals surface area (Å²) in [6, 6.07) is 0. The minimum atomic E-state index is -0.434. The van der Waals surface area contributed by atoms with Crippen LogP contribution in [0.5, 0.6) is 0 Å². The number of H-pyrrole nitrogens is 2. The molecular formula is C8H14N4O2. The molecule has 14 heavy (non-hydrogen) atoms. The molecule has 6 heteroatoms. The monoisotopic (exact) mass is 198 g/mol. The molecule has 6 nitrogen and oxygen atoms in total. The van der Waals surface area contributed by atoms with E-state index in [-0.39, 0.29) is 18.1 Å². The maximum absolute atomic E-state index is 11.4. The normalized spacial score (nSPS) is 11.4. The highest BCUT2D eigenvalue weighted by Crippen LogP contribution is 2.12. The zero-order valence-corrected chi connectivity index (χ0v) is 8.47. The number of carbonyl (C=O) groups is 1. The van der Waals surface area contributed by atoms with Crippen LogP contribution in [0, 0.1) is 5.41 Å². The second kappa shape index (κ2) is 3.65. The van der Waals surface area contributed by atoms with Gasteiger partial charge in [-0.1, -0.05) is 20.8 Å². The average molecular weight is 198 g/mol. The van der Waals surface area contributed by atoms with Gasteiger partial charge in [0, 0.05) is 5.41 Å². The summed E-state index contributed by atoms with van der Waals surface area (Å²) < 4.78 is 0. The van der Waals surface area contributed by atoms with Crippen molar-refractivity contribution in [1.82, 2.24) is 20.5 Å². The standard InChI is InChI=1S/C8H14N4O2/c1-8(2,3)6(13)9-4-5-10-7(14)12-11-5/h4H2,1-3H3,(H,9,13)(H2,10,11,12,14). The number of nitrogens with zero attached hydrogens (tertiary/aromatic N) is 1. The zero-order chi connectivity index (χ0) is 10.8. The molecule has 0 spiro atoms. The quantitative estimate of drug-likeness (QED) is 0.612. The second-order valence-electron chi connectivity index (χ2n) is 4.06. The molecule has 78 valence electrons. The predicted octanol–water partition coefficient (Wildman–Crippen LogP) is -0.240. The van der Waals surface area contributed by atoms with Crippen LogP contribution < -0.4 is 11.0 Å². The molecule has 0 atom stereocenters. The third-order valence-electron chi connectivity index (χ3n) is 1.65. The highest BCUT2D eigenvalue weighted by Gasteiger charge is 2.20. The van der Waals surface area contributed by atoms with E-state index in [2.05, 4.69) is 20.5 Å². The van der Waals surface area contributed by atoms with Crippen LogP contribution in [0.15, 0.2) is 4.79 Å². The largest absolute Gasteiger partial charge is 0.348 e. The van der Waals surface area contributed by atoms with Crippen LogP contribution in [0.1, 0.15) is 26.6 Å². The molecule has 0 aromatic carbocycles. The molecule has 0 aliphatic carbocycles. The fraction of sp³-hybridized carbons (Fsp3) is 0.625. The topological polar surface area (TPSA) is 90.6 Å². The van der Waals surface area contributed by atoms with Crippen molar-refractivity contribution in [2.24, 2.45) is 5.41 Å². The molecule has 1 amide bonds. The SMILES string of the molecule is CC(C)(C)C(=O)NCc1n[nH]c(=O)[nH]1. The molecule has 1 heterocycles. The first kappa shape index (κ1) is 10.5. The summed E-state index contributed by atoms with van der Waals surface area (Å²) in [4.78, 5) is 24.5. The fourth-order valence-electron chi connectivity index (χ4n) is 0.818. The number of aromatic amines is 2. The summed E-state index contributed by atoms with van der Waals surface area (Å²) >= 11 is 0. The van der Waals surface area contributed by atoms with E-state index >= 15 is 0 Å². The van der Waals surface area contributed by atoms with Gasteiger partial charge in [0.1, 0.15) is 5.82 Å². The highest BCUT2D eigenvalue weighted by atomic mass is 16.2. The minimum absolute atomic E-state index is 0.0821. The predicted molar refractivity (Wildman–Crippen MR) is 50.5 cm³/mol. The molecule has 3 N–H and O–H groups in total. The van der Waals surface area contributed by atoms with Crippen molar-refractivity contribution < 1.29 is 4.79 Å². The van der Waals surface area contributed by atoms with Gasteiger partial charge in [-0.15, -0.1) is 0 Å². The summed E-state index contributed by atoms with van der Waals surface area (Å²) in [5.41, 5.74) is -0.804. The Morgan fingerprint density at radius 3 is 2.57 bits per heavy atom. The summed E-state index contributed by atoms with van der Waals surface area (Å²) in [6.45, 7) is 5.68. The van der Waals surface area contributed by atoms with E-state index in [1.807, 2.05) is 20.8 Å². The van der Waals surface area contributed by atoms with Crippen LogP contribution in [0.3, 0.4) is 0 Å². The van der Waals surface area contributed by atoms with Gasteiger partial charge < -0.3 is 5.32 Å². The lowest BCUT2D eigenvalue weighted by atomic mass is 9.96. The van der Waals surface area contributed by atoms with Crippen molar-refractivity contribution in [2.75, 3.05) is 0 Å². The van der Waals surface area contributed by atoms with Crippen molar-refractivity contribution >= 4 is 5.91 Å². The van der Waals surface area contributed by atoms with Gasteiger partial charge >= 0.3 is 5.69 Å². The first-order valence-electron chi connectivity index (χ1n) is 4.31. The van der Waals surface area contributed by atoms with Gasteiger partial charge in [0.2, 0.25) is 5.91 Å². The fourth-order valence-corrected chi connectivity index (χ4v) is 0.818. The first-order valence-corrected chi connectivity index (χ1v) is 4.31.